The van der Waals surface area contributed by atoms with Gasteiger partial charge in [-0.3, -0.25) is 4.79 Å². The highest BCUT2D eigenvalue weighted by Crippen LogP contribution is 2.34. The van der Waals surface area contributed by atoms with Crippen LogP contribution in [-0.2, 0) is 4.79 Å². The van der Waals surface area contributed by atoms with Crippen LogP contribution in [-0.4, -0.2) is 22.6 Å². The summed E-state index contributed by atoms with van der Waals surface area (Å²) in [5, 5.41) is 14.6. The lowest BCUT2D eigenvalue weighted by Crippen LogP contribution is -2.26. The van der Waals surface area contributed by atoms with E-state index in [-0.39, 0.29) is 11.8 Å². The first-order valence-corrected chi connectivity index (χ1v) is 7.69. The summed E-state index contributed by atoms with van der Waals surface area (Å²) in [5.74, 6) is 0.457. The summed E-state index contributed by atoms with van der Waals surface area (Å²) in [4.78, 5) is 16.7. The van der Waals surface area contributed by atoms with Crippen molar-refractivity contribution in [1.82, 2.24) is 4.98 Å². The molecule has 0 bridgehead atoms. The van der Waals surface area contributed by atoms with E-state index >= 15 is 0 Å². The van der Waals surface area contributed by atoms with Crippen LogP contribution in [0.25, 0.3) is 0 Å². The minimum absolute atomic E-state index is 0.0859. The predicted octanol–water partition coefficient (Wildman–Crippen LogP) is 2.70. The lowest BCUT2D eigenvalue weighted by molar-refractivity contribution is -0.118. The van der Waals surface area contributed by atoms with E-state index in [0.717, 1.165) is 11.3 Å². The zero-order valence-electron chi connectivity index (χ0n) is 11.6. The lowest BCUT2D eigenvalue weighted by atomic mass is 9.92. The molecule has 0 radical (unpaired) electrons. The van der Waals surface area contributed by atoms with Gasteiger partial charge in [-0.1, -0.05) is 18.2 Å². The fourth-order valence-electron chi connectivity index (χ4n) is 2.34. The molecule has 5 nitrogen and oxygen atoms in total. The Morgan fingerprint density at radius 1 is 1.52 bits per heavy atom. The highest BCUT2D eigenvalue weighted by molar-refractivity contribution is 7.13. The zero-order valence-corrected chi connectivity index (χ0v) is 12.4. The molecule has 6 heteroatoms. The molecule has 2 aromatic rings. The van der Waals surface area contributed by atoms with Crippen LogP contribution in [0.1, 0.15) is 36.6 Å². The molecule has 0 saturated heterocycles. The van der Waals surface area contributed by atoms with Gasteiger partial charge in [-0.15, -0.1) is 11.3 Å². The van der Waals surface area contributed by atoms with Gasteiger partial charge < -0.3 is 15.2 Å². The van der Waals surface area contributed by atoms with E-state index in [0.29, 0.717) is 23.9 Å². The van der Waals surface area contributed by atoms with E-state index in [1.165, 1.54) is 11.3 Å². The minimum atomic E-state index is -0.629. The number of carbonyl (C=O) groups excluding carboxylic acids is 1. The second-order valence-corrected chi connectivity index (χ2v) is 5.83. The molecule has 2 heterocycles. The number of aliphatic hydroxyl groups is 1. The number of anilines is 1. The van der Waals surface area contributed by atoms with Gasteiger partial charge in [-0.25, -0.2) is 4.98 Å². The van der Waals surface area contributed by atoms with Gasteiger partial charge >= 0.3 is 0 Å². The Kier molecular flexibility index (Phi) is 3.90. The molecule has 1 aliphatic rings. The summed E-state index contributed by atoms with van der Waals surface area (Å²) in [6, 6.07) is 7.60. The molecule has 2 N–H and O–H groups in total. The predicted molar refractivity (Wildman–Crippen MR) is 80.7 cm³/mol. The SMILES string of the molecule is CC(O)c1csc(NC(=O)C2CCOc3ccccc32)n1. The molecule has 21 heavy (non-hydrogen) atoms. The van der Waals surface area contributed by atoms with Gasteiger partial charge in [0, 0.05) is 10.9 Å². The molecule has 110 valence electrons. The Bertz CT molecular complexity index is 654. The van der Waals surface area contributed by atoms with E-state index in [4.69, 9.17) is 4.74 Å². The maximum atomic E-state index is 12.4. The second kappa shape index (κ2) is 5.83. The summed E-state index contributed by atoms with van der Waals surface area (Å²) in [6.45, 7) is 2.18. The number of hydrogen-bond acceptors (Lipinski definition) is 5. The van der Waals surface area contributed by atoms with Crippen molar-refractivity contribution in [2.75, 3.05) is 11.9 Å². The van der Waals surface area contributed by atoms with Crippen LogP contribution in [0, 0.1) is 0 Å². The van der Waals surface area contributed by atoms with E-state index in [1.807, 2.05) is 24.3 Å². The van der Waals surface area contributed by atoms with E-state index < -0.39 is 6.10 Å². The molecule has 1 amide bonds. The lowest BCUT2D eigenvalue weighted by Gasteiger charge is -2.24. The molecule has 1 aromatic carbocycles. The highest BCUT2D eigenvalue weighted by Gasteiger charge is 2.28. The third-order valence-corrected chi connectivity index (χ3v) is 4.23. The van der Waals surface area contributed by atoms with Crippen LogP contribution in [0.5, 0.6) is 5.75 Å². The Hall–Kier alpha value is -1.92. The van der Waals surface area contributed by atoms with Gasteiger partial charge in [0.2, 0.25) is 5.91 Å². The van der Waals surface area contributed by atoms with Crippen molar-refractivity contribution in [1.29, 1.82) is 0 Å². The molecule has 0 spiro atoms. The molecule has 0 aliphatic carbocycles. The van der Waals surface area contributed by atoms with Crippen molar-refractivity contribution in [3.8, 4) is 5.75 Å². The van der Waals surface area contributed by atoms with Crippen molar-refractivity contribution in [2.24, 2.45) is 0 Å². The van der Waals surface area contributed by atoms with Crippen LogP contribution >= 0.6 is 11.3 Å². The zero-order chi connectivity index (χ0) is 14.8. The van der Waals surface area contributed by atoms with Crippen LogP contribution in [0.2, 0.25) is 0 Å². The molecule has 2 unspecified atom stereocenters. The van der Waals surface area contributed by atoms with Crippen molar-refractivity contribution in [2.45, 2.75) is 25.4 Å². The average Bonchev–Trinajstić information content (AvgIpc) is 2.95. The van der Waals surface area contributed by atoms with Gasteiger partial charge in [0.15, 0.2) is 5.13 Å². The summed E-state index contributed by atoms with van der Waals surface area (Å²) in [6.07, 6.45) is 0.0213. The van der Waals surface area contributed by atoms with Crippen molar-refractivity contribution in [3.63, 3.8) is 0 Å². The van der Waals surface area contributed by atoms with E-state index in [9.17, 15) is 9.90 Å². The molecule has 1 aliphatic heterocycles. The standard InChI is InChI=1S/C15H16N2O3S/c1-9(18)12-8-21-15(16-12)17-14(19)11-6-7-20-13-5-3-2-4-10(11)13/h2-5,8-9,11,18H,6-7H2,1H3,(H,16,17,19). The van der Waals surface area contributed by atoms with Crippen LogP contribution in [0.3, 0.4) is 0 Å². The molecular weight excluding hydrogens is 288 g/mol. The average molecular weight is 304 g/mol. The number of nitrogens with one attached hydrogen (secondary N) is 1. The van der Waals surface area contributed by atoms with Gasteiger partial charge in [0.25, 0.3) is 0 Å². The van der Waals surface area contributed by atoms with E-state index in [2.05, 4.69) is 10.3 Å². The molecule has 2 atom stereocenters. The molecule has 0 fully saturated rings. The number of fused-ring (bicyclic) bond motifs is 1. The fourth-order valence-corrected chi connectivity index (χ4v) is 3.14. The maximum absolute atomic E-state index is 12.4. The minimum Gasteiger partial charge on any atom is -0.493 e. The Labute approximate surface area is 126 Å². The normalized spacial score (nSPS) is 18.5. The number of hydrogen-bond donors (Lipinski definition) is 2. The quantitative estimate of drug-likeness (QED) is 0.914. The smallest absolute Gasteiger partial charge is 0.233 e. The number of carbonyl (C=O) groups is 1. The number of ether oxygens (including phenoxy) is 1. The Balaban J connectivity index is 1.77. The van der Waals surface area contributed by atoms with Crippen LogP contribution in [0.4, 0.5) is 5.13 Å². The number of thiazole rings is 1. The Morgan fingerprint density at radius 2 is 2.33 bits per heavy atom. The van der Waals surface area contributed by atoms with Crippen molar-refractivity contribution < 1.29 is 14.6 Å². The number of amides is 1. The Morgan fingerprint density at radius 3 is 3.10 bits per heavy atom. The van der Waals surface area contributed by atoms with Crippen LogP contribution < -0.4 is 10.1 Å². The van der Waals surface area contributed by atoms with Gasteiger partial charge in [-0.2, -0.15) is 0 Å². The summed E-state index contributed by atoms with van der Waals surface area (Å²) >= 11 is 1.32. The molecule has 0 saturated carbocycles. The third kappa shape index (κ3) is 2.91. The number of aliphatic hydroxyl groups excluding tert-OH is 1. The summed E-state index contributed by atoms with van der Waals surface area (Å²) in [5.41, 5.74) is 1.48. The molecule has 3 rings (SSSR count). The topological polar surface area (TPSA) is 71.5 Å². The second-order valence-electron chi connectivity index (χ2n) is 4.97. The fraction of sp³-hybridized carbons (Fsp3) is 0.333. The van der Waals surface area contributed by atoms with Gasteiger partial charge in [-0.05, 0) is 19.4 Å². The van der Waals surface area contributed by atoms with Crippen LogP contribution in [0.15, 0.2) is 29.6 Å². The number of nitrogens with zero attached hydrogens (tertiary/aromatic N) is 1. The monoisotopic (exact) mass is 304 g/mol. The van der Waals surface area contributed by atoms with Crippen molar-refractivity contribution >= 4 is 22.4 Å². The van der Waals surface area contributed by atoms with Gasteiger partial charge in [0.1, 0.15) is 5.75 Å². The van der Waals surface area contributed by atoms with Crippen molar-refractivity contribution in [3.05, 3.63) is 40.9 Å². The third-order valence-electron chi connectivity index (χ3n) is 3.46. The first-order chi connectivity index (χ1) is 10.1. The summed E-state index contributed by atoms with van der Waals surface area (Å²) < 4.78 is 5.56. The number of rotatable bonds is 3. The number of aromatic nitrogens is 1. The number of benzene rings is 1. The molecular formula is C15H16N2O3S. The summed E-state index contributed by atoms with van der Waals surface area (Å²) in [7, 11) is 0. The largest absolute Gasteiger partial charge is 0.493 e. The van der Waals surface area contributed by atoms with Gasteiger partial charge in [0.05, 0.1) is 24.3 Å². The first kappa shape index (κ1) is 14.0. The highest BCUT2D eigenvalue weighted by atomic mass is 32.1. The number of para-hydroxylation sites is 1. The maximum Gasteiger partial charge on any atom is 0.233 e. The van der Waals surface area contributed by atoms with E-state index in [1.54, 1.807) is 12.3 Å². The molecule has 1 aromatic heterocycles. The first-order valence-electron chi connectivity index (χ1n) is 6.81.